The van der Waals surface area contributed by atoms with Crippen LogP contribution in [0.5, 0.6) is 0 Å². The van der Waals surface area contributed by atoms with Crippen LogP contribution >= 0.6 is 0 Å². The molecule has 0 spiro atoms. The zero-order chi connectivity index (χ0) is 21.4. The first kappa shape index (κ1) is 20.6. The van der Waals surface area contributed by atoms with Crippen molar-refractivity contribution in [3.63, 3.8) is 0 Å². The number of para-hydroxylation sites is 1. The van der Waals surface area contributed by atoms with Crippen molar-refractivity contribution in [2.24, 2.45) is 0 Å². The van der Waals surface area contributed by atoms with Gasteiger partial charge in [0.2, 0.25) is 0 Å². The van der Waals surface area contributed by atoms with Crippen LogP contribution in [0.25, 0.3) is 22.2 Å². The third kappa shape index (κ3) is 4.86. The average Bonchev–Trinajstić information content (AvgIpc) is 2.98. The lowest BCUT2D eigenvalue weighted by molar-refractivity contribution is 0.00692. The highest BCUT2D eigenvalue weighted by Gasteiger charge is 2.23. The summed E-state index contributed by atoms with van der Waals surface area (Å²) in [5.74, 6) is -0.378. The lowest BCUT2D eigenvalue weighted by Gasteiger charge is -2.21. The van der Waals surface area contributed by atoms with Gasteiger partial charge in [-0.05, 0) is 71.4 Å². The van der Waals surface area contributed by atoms with E-state index in [4.69, 9.17) is 9.47 Å². The summed E-state index contributed by atoms with van der Waals surface area (Å²) >= 11 is 0. The summed E-state index contributed by atoms with van der Waals surface area (Å²) in [5, 5.41) is 0.935. The second-order valence-corrected chi connectivity index (χ2v) is 8.98. The molecule has 0 atom stereocenters. The number of carbonyl (C=O) groups is 2. The molecular weight excluding hydrogens is 366 g/mol. The van der Waals surface area contributed by atoms with Gasteiger partial charge in [-0.3, -0.25) is 0 Å². The first-order valence-electron chi connectivity index (χ1n) is 9.62. The molecule has 1 heterocycles. The van der Waals surface area contributed by atoms with Gasteiger partial charge in [0.1, 0.15) is 11.2 Å². The van der Waals surface area contributed by atoms with E-state index in [1.807, 2.05) is 84.0 Å². The average molecular weight is 393 g/mol. The molecule has 0 aliphatic carbocycles. The van der Waals surface area contributed by atoms with Crippen LogP contribution in [0, 0.1) is 0 Å². The maximum atomic E-state index is 12.9. The summed E-state index contributed by atoms with van der Waals surface area (Å²) in [6.07, 6.45) is -0.440. The fraction of sp³-hybridized carbons (Fsp3) is 0.333. The van der Waals surface area contributed by atoms with Crippen molar-refractivity contribution in [2.75, 3.05) is 0 Å². The number of aromatic nitrogens is 1. The van der Waals surface area contributed by atoms with Gasteiger partial charge in [0.25, 0.3) is 0 Å². The normalized spacial score (nSPS) is 12.1. The Kier molecular flexibility index (Phi) is 5.26. The molecule has 3 aromatic rings. The summed E-state index contributed by atoms with van der Waals surface area (Å²) in [6, 6.07) is 16.6. The van der Waals surface area contributed by atoms with Crippen LogP contribution in [0.4, 0.5) is 4.79 Å². The van der Waals surface area contributed by atoms with Crippen molar-refractivity contribution >= 4 is 23.0 Å². The van der Waals surface area contributed by atoms with Crippen LogP contribution < -0.4 is 0 Å². The number of benzene rings is 2. The molecule has 0 aliphatic rings. The molecule has 1 aromatic heterocycles. The SMILES string of the molecule is CC(C)(C)OC(=O)c1ccc(-c2cc3ccccc3n2C(=O)OC(C)(C)C)cc1. The zero-order valence-electron chi connectivity index (χ0n) is 17.8. The lowest BCUT2D eigenvalue weighted by atomic mass is 10.1. The van der Waals surface area contributed by atoms with Crippen LogP contribution in [-0.4, -0.2) is 27.8 Å². The van der Waals surface area contributed by atoms with Gasteiger partial charge in [0.15, 0.2) is 0 Å². The molecule has 0 bridgehead atoms. The number of fused-ring (bicyclic) bond motifs is 1. The summed E-state index contributed by atoms with van der Waals surface area (Å²) in [7, 11) is 0. The van der Waals surface area contributed by atoms with Gasteiger partial charge in [-0.15, -0.1) is 0 Å². The Hall–Kier alpha value is -3.08. The molecule has 0 radical (unpaired) electrons. The quantitative estimate of drug-likeness (QED) is 0.498. The van der Waals surface area contributed by atoms with Gasteiger partial charge in [-0.1, -0.05) is 30.3 Å². The molecule has 5 nitrogen and oxygen atoms in total. The predicted octanol–water partition coefficient (Wildman–Crippen LogP) is 6.05. The molecule has 5 heteroatoms. The Morgan fingerprint density at radius 3 is 1.97 bits per heavy atom. The molecule has 0 N–H and O–H groups in total. The highest BCUT2D eigenvalue weighted by molar-refractivity contribution is 5.97. The van der Waals surface area contributed by atoms with E-state index in [1.165, 1.54) is 0 Å². The van der Waals surface area contributed by atoms with Crippen LogP contribution in [0.1, 0.15) is 51.9 Å². The highest BCUT2D eigenvalue weighted by Crippen LogP contribution is 2.30. The molecule has 0 fully saturated rings. The van der Waals surface area contributed by atoms with E-state index in [0.717, 1.165) is 16.5 Å². The van der Waals surface area contributed by atoms with Crippen LogP contribution in [0.2, 0.25) is 0 Å². The number of hydrogen-bond donors (Lipinski definition) is 0. The summed E-state index contributed by atoms with van der Waals surface area (Å²) in [5.41, 5.74) is 1.58. The van der Waals surface area contributed by atoms with Crippen molar-refractivity contribution in [2.45, 2.75) is 52.7 Å². The number of rotatable bonds is 2. The summed E-state index contributed by atoms with van der Waals surface area (Å²) < 4.78 is 12.6. The number of nitrogens with zero attached hydrogens (tertiary/aromatic N) is 1. The fourth-order valence-electron chi connectivity index (χ4n) is 2.99. The third-order valence-corrected chi connectivity index (χ3v) is 4.10. The Morgan fingerprint density at radius 2 is 1.38 bits per heavy atom. The molecule has 0 aliphatic heterocycles. The largest absolute Gasteiger partial charge is 0.456 e. The van der Waals surface area contributed by atoms with Crippen LogP contribution in [0.3, 0.4) is 0 Å². The zero-order valence-corrected chi connectivity index (χ0v) is 17.8. The van der Waals surface area contributed by atoms with E-state index >= 15 is 0 Å². The van der Waals surface area contributed by atoms with E-state index in [0.29, 0.717) is 11.3 Å². The van der Waals surface area contributed by atoms with Crippen molar-refractivity contribution in [1.82, 2.24) is 4.57 Å². The van der Waals surface area contributed by atoms with E-state index in [9.17, 15) is 9.59 Å². The minimum Gasteiger partial charge on any atom is -0.456 e. The molecule has 3 rings (SSSR count). The maximum absolute atomic E-state index is 12.9. The van der Waals surface area contributed by atoms with E-state index in [-0.39, 0.29) is 5.97 Å². The number of carbonyl (C=O) groups excluding carboxylic acids is 2. The highest BCUT2D eigenvalue weighted by atomic mass is 16.6. The number of hydrogen-bond acceptors (Lipinski definition) is 4. The first-order chi connectivity index (χ1) is 13.4. The van der Waals surface area contributed by atoms with Crippen molar-refractivity contribution in [3.05, 3.63) is 60.2 Å². The molecule has 0 unspecified atom stereocenters. The summed E-state index contributed by atoms with van der Waals surface area (Å²) in [4.78, 5) is 25.2. The van der Waals surface area contributed by atoms with Crippen molar-refractivity contribution in [3.8, 4) is 11.3 Å². The van der Waals surface area contributed by atoms with Crippen LogP contribution in [-0.2, 0) is 9.47 Å². The second kappa shape index (κ2) is 7.39. The Labute approximate surface area is 171 Å². The standard InChI is InChI=1S/C24H27NO4/c1-23(2,3)28-21(26)17-13-11-16(12-14-17)20-15-18-9-7-8-10-19(18)25(20)22(27)29-24(4,5)6/h7-15H,1-6H3. The lowest BCUT2D eigenvalue weighted by Crippen LogP contribution is -2.27. The van der Waals surface area contributed by atoms with Gasteiger partial charge in [0.05, 0.1) is 16.8 Å². The van der Waals surface area contributed by atoms with Crippen LogP contribution in [0.15, 0.2) is 54.6 Å². The molecular formula is C24H27NO4. The third-order valence-electron chi connectivity index (χ3n) is 4.10. The molecule has 2 aromatic carbocycles. The van der Waals surface area contributed by atoms with E-state index in [1.54, 1.807) is 16.7 Å². The van der Waals surface area contributed by atoms with E-state index < -0.39 is 17.3 Å². The fourth-order valence-corrected chi connectivity index (χ4v) is 2.99. The van der Waals surface area contributed by atoms with Crippen molar-refractivity contribution in [1.29, 1.82) is 0 Å². The minimum atomic E-state index is -0.611. The first-order valence-corrected chi connectivity index (χ1v) is 9.62. The molecule has 0 saturated carbocycles. The van der Waals surface area contributed by atoms with Gasteiger partial charge in [0, 0.05) is 5.39 Å². The van der Waals surface area contributed by atoms with E-state index in [2.05, 4.69) is 0 Å². The topological polar surface area (TPSA) is 57.5 Å². The minimum absolute atomic E-state index is 0.378. The van der Waals surface area contributed by atoms with Gasteiger partial charge < -0.3 is 9.47 Å². The van der Waals surface area contributed by atoms with Gasteiger partial charge >= 0.3 is 12.1 Å². The van der Waals surface area contributed by atoms with Gasteiger partial charge in [-0.2, -0.15) is 0 Å². The molecule has 0 saturated heterocycles. The van der Waals surface area contributed by atoms with Gasteiger partial charge in [-0.25, -0.2) is 14.2 Å². The molecule has 0 amide bonds. The number of esters is 1. The number of ether oxygens (including phenoxy) is 2. The summed E-state index contributed by atoms with van der Waals surface area (Å²) in [6.45, 7) is 11.0. The Balaban J connectivity index is 2.02. The maximum Gasteiger partial charge on any atom is 0.419 e. The smallest absolute Gasteiger partial charge is 0.419 e. The molecule has 152 valence electrons. The monoisotopic (exact) mass is 393 g/mol. The van der Waals surface area contributed by atoms with Crippen molar-refractivity contribution < 1.29 is 19.1 Å². The Bertz CT molecular complexity index is 1050. The predicted molar refractivity (Wildman–Crippen MR) is 114 cm³/mol. The Morgan fingerprint density at radius 1 is 0.793 bits per heavy atom. The molecule has 29 heavy (non-hydrogen) atoms. The second-order valence-electron chi connectivity index (χ2n) is 8.98.